The lowest BCUT2D eigenvalue weighted by molar-refractivity contribution is 0.0733. The van der Waals surface area contributed by atoms with E-state index in [4.69, 9.17) is 21.1 Å². The van der Waals surface area contributed by atoms with Crippen molar-refractivity contribution >= 4 is 28.4 Å². The van der Waals surface area contributed by atoms with Gasteiger partial charge in [-0.25, -0.2) is 0 Å². The highest BCUT2D eigenvalue weighted by Gasteiger charge is 2.32. The highest BCUT2D eigenvalue weighted by molar-refractivity contribution is 6.30. The van der Waals surface area contributed by atoms with Gasteiger partial charge in [0.25, 0.3) is 5.91 Å². The molecule has 2 aliphatic rings. The standard InChI is InChI=1S/C27H25ClN4O2/c1-2-31-13-11-23-20(15-31)25(19-5-3-4-6-22(19)29-23)27(33)32-14-12-24-21(16-32)26(34-30-24)17-7-9-18(28)10-8-17/h3-10H,2,11-16H2,1H3. The first-order chi connectivity index (χ1) is 16.6. The molecule has 172 valence electrons. The Hall–Kier alpha value is -3.22. The molecular formula is C27H25ClN4O2. The number of nitrogens with zero attached hydrogens (tertiary/aromatic N) is 4. The zero-order valence-corrected chi connectivity index (χ0v) is 19.8. The van der Waals surface area contributed by atoms with Crippen LogP contribution < -0.4 is 0 Å². The van der Waals surface area contributed by atoms with Crippen molar-refractivity contribution in [1.82, 2.24) is 19.9 Å². The normalized spacial score (nSPS) is 15.9. The second-order valence-electron chi connectivity index (χ2n) is 8.97. The monoisotopic (exact) mass is 472 g/mol. The highest BCUT2D eigenvalue weighted by atomic mass is 35.5. The van der Waals surface area contributed by atoms with Crippen molar-refractivity contribution in [3.05, 3.63) is 81.6 Å². The molecule has 4 heterocycles. The third-order valence-electron chi connectivity index (χ3n) is 7.02. The molecule has 0 N–H and O–H groups in total. The predicted molar refractivity (Wildman–Crippen MR) is 132 cm³/mol. The fraction of sp³-hybridized carbons (Fsp3) is 0.296. The Balaban J connectivity index is 1.40. The molecule has 0 aliphatic carbocycles. The van der Waals surface area contributed by atoms with Crippen LogP contribution in [0.3, 0.4) is 0 Å². The fourth-order valence-electron chi connectivity index (χ4n) is 5.13. The van der Waals surface area contributed by atoms with E-state index in [0.29, 0.717) is 30.3 Å². The first-order valence-electron chi connectivity index (χ1n) is 11.8. The van der Waals surface area contributed by atoms with Crippen molar-refractivity contribution in [2.24, 2.45) is 0 Å². The molecule has 2 aromatic carbocycles. The Bertz CT molecular complexity index is 1400. The highest BCUT2D eigenvalue weighted by Crippen LogP contribution is 2.34. The molecule has 0 radical (unpaired) electrons. The van der Waals surface area contributed by atoms with Gasteiger partial charge in [-0.2, -0.15) is 0 Å². The van der Waals surface area contributed by atoms with Gasteiger partial charge in [0, 0.05) is 65.3 Å². The van der Waals surface area contributed by atoms with E-state index in [9.17, 15) is 4.79 Å². The number of amides is 1. The third kappa shape index (κ3) is 3.58. The van der Waals surface area contributed by atoms with Crippen LogP contribution in [0.1, 0.15) is 39.8 Å². The SMILES string of the molecule is CCN1CCc2nc3ccccc3c(C(=O)N3CCc4noc(-c5ccc(Cl)cc5)c4C3)c2C1. The van der Waals surface area contributed by atoms with Gasteiger partial charge in [0.15, 0.2) is 5.76 Å². The molecule has 6 nitrogen and oxygen atoms in total. The van der Waals surface area contributed by atoms with E-state index in [-0.39, 0.29) is 5.91 Å². The van der Waals surface area contributed by atoms with Gasteiger partial charge in [-0.1, -0.05) is 41.9 Å². The molecule has 0 atom stereocenters. The summed E-state index contributed by atoms with van der Waals surface area (Å²) >= 11 is 6.07. The number of halogens is 1. The molecule has 6 rings (SSSR count). The third-order valence-corrected chi connectivity index (χ3v) is 7.27. The van der Waals surface area contributed by atoms with Crippen molar-refractivity contribution in [1.29, 1.82) is 0 Å². The molecule has 2 aromatic heterocycles. The summed E-state index contributed by atoms with van der Waals surface area (Å²) in [4.78, 5) is 23.4. The summed E-state index contributed by atoms with van der Waals surface area (Å²) in [6.07, 6.45) is 1.54. The lowest BCUT2D eigenvalue weighted by Crippen LogP contribution is -2.38. The largest absolute Gasteiger partial charge is 0.356 e. The maximum absolute atomic E-state index is 14.1. The van der Waals surface area contributed by atoms with Gasteiger partial charge in [0.05, 0.1) is 23.3 Å². The Morgan fingerprint density at radius 2 is 1.79 bits per heavy atom. The number of pyridine rings is 1. The summed E-state index contributed by atoms with van der Waals surface area (Å²) < 4.78 is 5.72. The van der Waals surface area contributed by atoms with Crippen LogP contribution >= 0.6 is 11.6 Å². The van der Waals surface area contributed by atoms with Crippen LogP contribution in [0.4, 0.5) is 0 Å². The molecule has 1 amide bonds. The fourth-order valence-corrected chi connectivity index (χ4v) is 5.26. The van der Waals surface area contributed by atoms with Crippen LogP contribution in [-0.2, 0) is 25.9 Å². The number of para-hydroxylation sites is 1. The van der Waals surface area contributed by atoms with Crippen molar-refractivity contribution in [3.63, 3.8) is 0 Å². The molecule has 7 heteroatoms. The Kier molecular flexibility index (Phi) is 5.35. The number of hydrogen-bond acceptors (Lipinski definition) is 5. The average Bonchev–Trinajstić information content (AvgIpc) is 3.30. The molecule has 0 unspecified atom stereocenters. The number of benzene rings is 2. The molecule has 0 spiro atoms. The predicted octanol–water partition coefficient (Wildman–Crippen LogP) is 5.12. The summed E-state index contributed by atoms with van der Waals surface area (Å²) in [7, 11) is 0. The maximum Gasteiger partial charge on any atom is 0.255 e. The molecule has 2 aliphatic heterocycles. The second-order valence-corrected chi connectivity index (χ2v) is 9.40. The molecule has 0 bridgehead atoms. The van der Waals surface area contributed by atoms with Gasteiger partial charge in [-0.3, -0.25) is 14.7 Å². The van der Waals surface area contributed by atoms with E-state index in [1.165, 1.54) is 0 Å². The van der Waals surface area contributed by atoms with Gasteiger partial charge < -0.3 is 9.42 Å². The second kappa shape index (κ2) is 8.53. The van der Waals surface area contributed by atoms with E-state index in [1.54, 1.807) is 0 Å². The van der Waals surface area contributed by atoms with E-state index >= 15 is 0 Å². The number of carbonyl (C=O) groups excluding carboxylic acids is 1. The van der Waals surface area contributed by atoms with Crippen LogP contribution in [0, 0.1) is 0 Å². The van der Waals surface area contributed by atoms with E-state index in [0.717, 1.165) is 70.6 Å². The van der Waals surface area contributed by atoms with Crippen LogP contribution in [0.15, 0.2) is 53.1 Å². The minimum Gasteiger partial charge on any atom is -0.356 e. The smallest absolute Gasteiger partial charge is 0.255 e. The maximum atomic E-state index is 14.1. The number of fused-ring (bicyclic) bond motifs is 3. The zero-order chi connectivity index (χ0) is 23.2. The van der Waals surface area contributed by atoms with Crippen molar-refractivity contribution in [2.75, 3.05) is 19.6 Å². The molecule has 34 heavy (non-hydrogen) atoms. The zero-order valence-electron chi connectivity index (χ0n) is 19.1. The number of aromatic nitrogens is 2. The summed E-state index contributed by atoms with van der Waals surface area (Å²) in [5, 5.41) is 5.90. The summed E-state index contributed by atoms with van der Waals surface area (Å²) in [5.74, 6) is 0.768. The average molecular weight is 473 g/mol. The van der Waals surface area contributed by atoms with Crippen molar-refractivity contribution < 1.29 is 9.32 Å². The van der Waals surface area contributed by atoms with E-state index < -0.39 is 0 Å². The van der Waals surface area contributed by atoms with Crippen LogP contribution in [0.2, 0.25) is 5.02 Å². The Morgan fingerprint density at radius 3 is 2.62 bits per heavy atom. The van der Waals surface area contributed by atoms with Gasteiger partial charge in [-0.15, -0.1) is 0 Å². The minimum atomic E-state index is 0.0571. The molecular weight excluding hydrogens is 448 g/mol. The first-order valence-corrected chi connectivity index (χ1v) is 12.2. The Labute approximate surface area is 203 Å². The quantitative estimate of drug-likeness (QED) is 0.414. The van der Waals surface area contributed by atoms with Gasteiger partial charge in [0.2, 0.25) is 0 Å². The van der Waals surface area contributed by atoms with Crippen molar-refractivity contribution in [3.8, 4) is 11.3 Å². The van der Waals surface area contributed by atoms with Gasteiger partial charge in [0.1, 0.15) is 0 Å². The molecule has 4 aromatic rings. The summed E-state index contributed by atoms with van der Waals surface area (Å²) in [6.45, 7) is 5.93. The van der Waals surface area contributed by atoms with Crippen molar-refractivity contribution in [2.45, 2.75) is 32.9 Å². The number of rotatable bonds is 3. The number of likely N-dealkylation sites (N-methyl/N-ethyl adjacent to an activating group) is 1. The van der Waals surface area contributed by atoms with Crippen LogP contribution in [-0.4, -0.2) is 45.5 Å². The van der Waals surface area contributed by atoms with Gasteiger partial charge in [-0.05, 0) is 36.9 Å². The lowest BCUT2D eigenvalue weighted by Gasteiger charge is -2.32. The molecule has 0 saturated heterocycles. The topological polar surface area (TPSA) is 62.5 Å². The van der Waals surface area contributed by atoms with E-state index in [2.05, 4.69) is 17.0 Å². The van der Waals surface area contributed by atoms with Crippen LogP contribution in [0.5, 0.6) is 0 Å². The van der Waals surface area contributed by atoms with Crippen LogP contribution in [0.25, 0.3) is 22.2 Å². The minimum absolute atomic E-state index is 0.0571. The molecule has 0 saturated carbocycles. The Morgan fingerprint density at radius 1 is 1.00 bits per heavy atom. The number of carbonyl (C=O) groups is 1. The van der Waals surface area contributed by atoms with E-state index in [1.807, 2.05) is 53.4 Å². The summed E-state index contributed by atoms with van der Waals surface area (Å²) in [5.41, 5.74) is 6.63. The number of hydrogen-bond donors (Lipinski definition) is 0. The first kappa shape index (κ1) is 21.3. The van der Waals surface area contributed by atoms with Gasteiger partial charge >= 0.3 is 0 Å². The lowest BCUT2D eigenvalue weighted by atomic mass is 9.93. The summed E-state index contributed by atoms with van der Waals surface area (Å²) in [6, 6.07) is 15.5. The molecule has 0 fully saturated rings.